The Morgan fingerprint density at radius 2 is 1.96 bits per heavy atom. The Kier molecular flexibility index (Phi) is 8.71. The van der Waals surface area contributed by atoms with Crippen LogP contribution in [-0.4, -0.2) is 30.9 Å². The Bertz CT molecular complexity index is 556. The highest BCUT2D eigenvalue weighted by molar-refractivity contribution is 6.01. The molecule has 1 aliphatic heterocycles. The summed E-state index contributed by atoms with van der Waals surface area (Å²) >= 11 is 0. The summed E-state index contributed by atoms with van der Waals surface area (Å²) < 4.78 is 13.8. The van der Waals surface area contributed by atoms with E-state index >= 15 is 0 Å². The lowest BCUT2D eigenvalue weighted by Crippen LogP contribution is -2.41. The van der Waals surface area contributed by atoms with Crippen molar-refractivity contribution in [2.45, 2.75) is 44.6 Å². The molecule has 1 aliphatic rings. The van der Waals surface area contributed by atoms with E-state index in [2.05, 4.69) is 5.32 Å². The molecule has 1 unspecified atom stereocenters. The Hall–Kier alpha value is -1.66. The van der Waals surface area contributed by atoms with Crippen LogP contribution in [0.2, 0.25) is 0 Å². The van der Waals surface area contributed by atoms with Crippen LogP contribution in [0.4, 0.5) is 10.1 Å². The smallest absolute Gasteiger partial charge is 0.249 e. The van der Waals surface area contributed by atoms with E-state index in [9.17, 15) is 14.0 Å². The van der Waals surface area contributed by atoms with Crippen molar-refractivity contribution < 1.29 is 14.0 Å². The number of benzene rings is 1. The average Bonchev–Trinajstić information content (AvgIpc) is 2.89. The summed E-state index contributed by atoms with van der Waals surface area (Å²) in [7, 11) is 0. The number of amides is 2. The van der Waals surface area contributed by atoms with E-state index in [0.29, 0.717) is 25.9 Å². The fraction of sp³-hybridized carbons (Fsp3) is 0.529. The quantitative estimate of drug-likeness (QED) is 0.701. The van der Waals surface area contributed by atoms with Gasteiger partial charge in [0, 0.05) is 13.0 Å². The molecular weight excluding hydrogens is 333 g/mol. The van der Waals surface area contributed by atoms with Crippen molar-refractivity contribution in [2.24, 2.45) is 5.73 Å². The van der Waals surface area contributed by atoms with Crippen molar-refractivity contribution in [1.82, 2.24) is 5.32 Å². The molecule has 1 aromatic rings. The van der Waals surface area contributed by atoms with Crippen molar-refractivity contribution in [2.75, 3.05) is 18.0 Å². The van der Waals surface area contributed by atoms with E-state index in [1.165, 1.54) is 11.0 Å². The maximum absolute atomic E-state index is 13.8. The second-order valence-corrected chi connectivity index (χ2v) is 5.80. The number of halogens is 2. The zero-order valence-electron chi connectivity index (χ0n) is 13.7. The molecule has 24 heavy (non-hydrogen) atoms. The molecule has 0 spiro atoms. The number of hydrogen-bond donors (Lipinski definition) is 2. The SMILES string of the molecule is Cl.NCCCCCCC(=O)NC1CCN(c2ccccc2F)C1=O. The highest BCUT2D eigenvalue weighted by Crippen LogP contribution is 2.24. The maximum atomic E-state index is 13.8. The van der Waals surface area contributed by atoms with Crippen LogP contribution in [0.15, 0.2) is 24.3 Å². The summed E-state index contributed by atoms with van der Waals surface area (Å²) in [5.41, 5.74) is 5.69. The number of unbranched alkanes of at least 4 members (excludes halogenated alkanes) is 3. The van der Waals surface area contributed by atoms with Crippen molar-refractivity contribution in [1.29, 1.82) is 0 Å². The normalized spacial score (nSPS) is 16.8. The number of nitrogens with one attached hydrogen (secondary N) is 1. The maximum Gasteiger partial charge on any atom is 0.249 e. The van der Waals surface area contributed by atoms with E-state index in [0.717, 1.165) is 25.7 Å². The first-order chi connectivity index (χ1) is 11.1. The first kappa shape index (κ1) is 20.4. The van der Waals surface area contributed by atoms with Gasteiger partial charge in [0.05, 0.1) is 5.69 Å². The Labute approximate surface area is 148 Å². The number of nitrogens with zero attached hydrogens (tertiary/aromatic N) is 1. The summed E-state index contributed by atoms with van der Waals surface area (Å²) in [5, 5.41) is 2.76. The highest BCUT2D eigenvalue weighted by Gasteiger charge is 2.34. The molecule has 1 heterocycles. The lowest BCUT2D eigenvalue weighted by Gasteiger charge is -2.17. The topological polar surface area (TPSA) is 75.4 Å². The minimum Gasteiger partial charge on any atom is -0.344 e. The summed E-state index contributed by atoms with van der Waals surface area (Å²) in [4.78, 5) is 25.7. The minimum atomic E-state index is -0.550. The zero-order valence-corrected chi connectivity index (χ0v) is 14.5. The lowest BCUT2D eigenvalue weighted by atomic mass is 10.1. The standard InChI is InChI=1S/C17H24FN3O2.ClH/c18-13-7-4-5-8-15(13)21-12-10-14(17(21)23)20-16(22)9-3-1-2-6-11-19;/h4-5,7-8,14H,1-3,6,9-12,19H2,(H,20,22);1H. The van der Waals surface area contributed by atoms with Crippen LogP contribution >= 0.6 is 12.4 Å². The number of para-hydroxylation sites is 1. The number of carbonyl (C=O) groups is 2. The minimum absolute atomic E-state index is 0. The van der Waals surface area contributed by atoms with Crippen LogP contribution in [0.3, 0.4) is 0 Å². The first-order valence-corrected chi connectivity index (χ1v) is 8.19. The van der Waals surface area contributed by atoms with Gasteiger partial charge in [-0.3, -0.25) is 9.59 Å². The van der Waals surface area contributed by atoms with Crippen LogP contribution in [0.5, 0.6) is 0 Å². The van der Waals surface area contributed by atoms with Crippen LogP contribution in [0.25, 0.3) is 0 Å². The van der Waals surface area contributed by atoms with Gasteiger partial charge < -0.3 is 16.0 Å². The van der Waals surface area contributed by atoms with Gasteiger partial charge in [-0.2, -0.15) is 0 Å². The molecule has 1 fully saturated rings. The molecule has 0 radical (unpaired) electrons. The zero-order chi connectivity index (χ0) is 16.7. The molecule has 0 saturated carbocycles. The largest absolute Gasteiger partial charge is 0.344 e. The van der Waals surface area contributed by atoms with Gasteiger partial charge in [0.25, 0.3) is 0 Å². The molecule has 2 rings (SSSR count). The van der Waals surface area contributed by atoms with Gasteiger partial charge >= 0.3 is 0 Å². The van der Waals surface area contributed by atoms with Gasteiger partial charge in [0.15, 0.2) is 0 Å². The molecule has 1 saturated heterocycles. The van der Waals surface area contributed by atoms with Crippen LogP contribution in [-0.2, 0) is 9.59 Å². The van der Waals surface area contributed by atoms with Gasteiger partial charge in [-0.25, -0.2) is 4.39 Å². The van der Waals surface area contributed by atoms with Crippen molar-refractivity contribution >= 4 is 29.9 Å². The summed E-state index contributed by atoms with van der Waals surface area (Å²) in [6.07, 6.45) is 4.67. The predicted octanol–water partition coefficient (Wildman–Crippen LogP) is 2.38. The van der Waals surface area contributed by atoms with Crippen LogP contribution < -0.4 is 16.0 Å². The third kappa shape index (κ3) is 5.46. The Morgan fingerprint density at radius 1 is 1.25 bits per heavy atom. The molecule has 5 nitrogen and oxygen atoms in total. The fourth-order valence-corrected chi connectivity index (χ4v) is 2.77. The third-order valence-corrected chi connectivity index (χ3v) is 4.04. The molecule has 7 heteroatoms. The number of anilines is 1. The number of rotatable bonds is 8. The van der Waals surface area contributed by atoms with Crippen LogP contribution in [0, 0.1) is 5.82 Å². The van der Waals surface area contributed by atoms with Gasteiger partial charge in [0.2, 0.25) is 11.8 Å². The second-order valence-electron chi connectivity index (χ2n) is 5.80. The molecular formula is C17H25ClFN3O2. The highest BCUT2D eigenvalue weighted by atomic mass is 35.5. The molecule has 1 aromatic carbocycles. The van der Waals surface area contributed by atoms with Crippen molar-refractivity contribution in [3.8, 4) is 0 Å². The Morgan fingerprint density at radius 3 is 2.67 bits per heavy atom. The van der Waals surface area contributed by atoms with Gasteiger partial charge in [-0.1, -0.05) is 25.0 Å². The summed E-state index contributed by atoms with van der Waals surface area (Å²) in [6, 6.07) is 5.64. The van der Waals surface area contributed by atoms with E-state index in [4.69, 9.17) is 5.73 Å². The number of nitrogens with two attached hydrogens (primary N) is 1. The van der Waals surface area contributed by atoms with Crippen molar-refractivity contribution in [3.05, 3.63) is 30.1 Å². The van der Waals surface area contributed by atoms with E-state index in [1.54, 1.807) is 18.2 Å². The molecule has 1 atom stereocenters. The summed E-state index contributed by atoms with van der Waals surface area (Å²) in [6.45, 7) is 1.09. The molecule has 2 amide bonds. The molecule has 0 aliphatic carbocycles. The van der Waals surface area contributed by atoms with E-state index in [1.807, 2.05) is 0 Å². The van der Waals surface area contributed by atoms with E-state index in [-0.39, 0.29) is 29.9 Å². The molecule has 0 bridgehead atoms. The lowest BCUT2D eigenvalue weighted by molar-refractivity contribution is -0.126. The van der Waals surface area contributed by atoms with Gasteiger partial charge in [-0.05, 0) is 37.9 Å². The number of hydrogen-bond acceptors (Lipinski definition) is 3. The van der Waals surface area contributed by atoms with Crippen LogP contribution in [0.1, 0.15) is 38.5 Å². The molecule has 0 aromatic heterocycles. The van der Waals surface area contributed by atoms with Crippen molar-refractivity contribution in [3.63, 3.8) is 0 Å². The van der Waals surface area contributed by atoms with E-state index < -0.39 is 11.9 Å². The number of carbonyl (C=O) groups excluding carboxylic acids is 2. The molecule has 134 valence electrons. The first-order valence-electron chi connectivity index (χ1n) is 8.19. The summed E-state index contributed by atoms with van der Waals surface area (Å²) in [5.74, 6) is -0.786. The second kappa shape index (κ2) is 10.3. The average molecular weight is 358 g/mol. The Balaban J connectivity index is 0.00000288. The van der Waals surface area contributed by atoms with Gasteiger partial charge in [0.1, 0.15) is 11.9 Å². The molecule has 3 N–H and O–H groups in total. The monoisotopic (exact) mass is 357 g/mol. The van der Waals surface area contributed by atoms with Gasteiger partial charge in [-0.15, -0.1) is 12.4 Å². The fourth-order valence-electron chi connectivity index (χ4n) is 2.77. The predicted molar refractivity (Wildman–Crippen MR) is 94.7 cm³/mol. The third-order valence-electron chi connectivity index (χ3n) is 4.04.